The number of thiazole rings is 1. The minimum Gasteiger partial charge on any atom is -0.396 e. The molecule has 22 heavy (non-hydrogen) atoms. The Kier molecular flexibility index (Phi) is 4.13. The fraction of sp³-hybridized carbons (Fsp3) is 0.375. The molecule has 6 heteroatoms. The van der Waals surface area contributed by atoms with Crippen LogP contribution in [0.3, 0.4) is 0 Å². The summed E-state index contributed by atoms with van der Waals surface area (Å²) in [5.41, 5.74) is 2.56. The molecule has 0 aliphatic heterocycles. The second-order valence-electron chi connectivity index (χ2n) is 5.58. The number of rotatable bonds is 4. The number of aryl methyl sites for hydroxylation is 1. The summed E-state index contributed by atoms with van der Waals surface area (Å²) in [6, 6.07) is 1.89. The largest absolute Gasteiger partial charge is 0.396 e. The lowest BCUT2D eigenvalue weighted by molar-refractivity contribution is 0.0940. The highest BCUT2D eigenvalue weighted by atomic mass is 32.1. The van der Waals surface area contributed by atoms with Gasteiger partial charge in [0.1, 0.15) is 0 Å². The first-order valence-electron chi connectivity index (χ1n) is 7.29. The first-order chi connectivity index (χ1) is 10.6. The maximum Gasteiger partial charge on any atom is 0.253 e. The van der Waals surface area contributed by atoms with E-state index in [2.05, 4.69) is 10.3 Å². The number of carbonyl (C=O) groups is 1. The summed E-state index contributed by atoms with van der Waals surface area (Å²) in [6.07, 6.45) is 6.44. The quantitative estimate of drug-likeness (QED) is 0.850. The Labute approximate surface area is 133 Å². The molecule has 116 valence electrons. The van der Waals surface area contributed by atoms with E-state index in [1.54, 1.807) is 17.5 Å². The highest BCUT2D eigenvalue weighted by Crippen LogP contribution is 2.23. The Hall–Kier alpha value is -1.92. The summed E-state index contributed by atoms with van der Waals surface area (Å²) >= 11 is 1.55. The van der Waals surface area contributed by atoms with E-state index < -0.39 is 0 Å². The Balaban J connectivity index is 1.79. The van der Waals surface area contributed by atoms with Gasteiger partial charge < -0.3 is 10.4 Å². The first-order valence-corrected chi connectivity index (χ1v) is 8.17. The third kappa shape index (κ3) is 2.71. The van der Waals surface area contributed by atoms with Gasteiger partial charge in [-0.05, 0) is 26.3 Å². The van der Waals surface area contributed by atoms with Gasteiger partial charge in [0.2, 0.25) is 0 Å². The van der Waals surface area contributed by atoms with Gasteiger partial charge in [0.05, 0.1) is 5.56 Å². The van der Waals surface area contributed by atoms with Gasteiger partial charge in [-0.3, -0.25) is 9.36 Å². The van der Waals surface area contributed by atoms with Crippen LogP contribution < -0.4 is 5.32 Å². The van der Waals surface area contributed by atoms with Gasteiger partial charge in [-0.15, -0.1) is 11.3 Å². The van der Waals surface area contributed by atoms with Crippen molar-refractivity contribution < 1.29 is 9.90 Å². The predicted molar refractivity (Wildman–Crippen MR) is 86.5 cm³/mol. The van der Waals surface area contributed by atoms with E-state index >= 15 is 0 Å². The summed E-state index contributed by atoms with van der Waals surface area (Å²) in [5, 5.41) is 15.0. The Morgan fingerprint density at radius 2 is 2.32 bits per heavy atom. The molecule has 0 aromatic carbocycles. The molecule has 0 saturated carbocycles. The average molecular weight is 317 g/mol. The van der Waals surface area contributed by atoms with Crippen LogP contribution in [0.25, 0.3) is 5.13 Å². The molecule has 2 heterocycles. The number of aliphatic hydroxyl groups excluding tert-OH is 1. The van der Waals surface area contributed by atoms with Crippen molar-refractivity contribution in [2.75, 3.05) is 6.61 Å². The molecule has 2 atom stereocenters. The van der Waals surface area contributed by atoms with E-state index in [1.807, 2.05) is 42.0 Å². The fourth-order valence-electron chi connectivity index (χ4n) is 2.88. The fourth-order valence-corrected chi connectivity index (χ4v) is 3.63. The number of hydrogen-bond donors (Lipinski definition) is 2. The lowest BCUT2D eigenvalue weighted by Gasteiger charge is -2.13. The molecule has 1 aliphatic rings. The zero-order chi connectivity index (χ0) is 15.7. The molecule has 5 nitrogen and oxygen atoms in total. The number of carbonyl (C=O) groups excluding carboxylic acids is 1. The maximum absolute atomic E-state index is 12.5. The summed E-state index contributed by atoms with van der Waals surface area (Å²) in [4.78, 5) is 16.8. The van der Waals surface area contributed by atoms with Crippen LogP contribution in [0.4, 0.5) is 0 Å². The molecule has 3 rings (SSSR count). The van der Waals surface area contributed by atoms with E-state index in [9.17, 15) is 4.79 Å². The lowest BCUT2D eigenvalue weighted by atomic mass is 10.1. The summed E-state index contributed by atoms with van der Waals surface area (Å²) < 4.78 is 2.00. The van der Waals surface area contributed by atoms with E-state index in [0.717, 1.165) is 22.9 Å². The molecule has 0 saturated heterocycles. The van der Waals surface area contributed by atoms with Crippen molar-refractivity contribution in [2.24, 2.45) is 5.92 Å². The molecule has 0 bridgehead atoms. The Morgan fingerprint density at radius 3 is 2.95 bits per heavy atom. The second-order valence-corrected chi connectivity index (χ2v) is 6.45. The van der Waals surface area contributed by atoms with Gasteiger partial charge in [0, 0.05) is 41.5 Å². The van der Waals surface area contributed by atoms with Crippen molar-refractivity contribution in [1.82, 2.24) is 14.9 Å². The third-order valence-corrected chi connectivity index (χ3v) is 4.77. The number of amides is 1. The Morgan fingerprint density at radius 1 is 1.50 bits per heavy atom. The van der Waals surface area contributed by atoms with Crippen LogP contribution in [0.15, 0.2) is 29.8 Å². The topological polar surface area (TPSA) is 67.2 Å². The van der Waals surface area contributed by atoms with Crippen LogP contribution in [0.2, 0.25) is 0 Å². The van der Waals surface area contributed by atoms with E-state index in [1.165, 1.54) is 0 Å². The number of hydrogen-bond acceptors (Lipinski definition) is 4. The zero-order valence-electron chi connectivity index (χ0n) is 12.6. The molecule has 2 aromatic heterocycles. The monoisotopic (exact) mass is 317 g/mol. The normalized spacial score (nSPS) is 20.5. The van der Waals surface area contributed by atoms with E-state index in [-0.39, 0.29) is 24.5 Å². The van der Waals surface area contributed by atoms with E-state index in [4.69, 9.17) is 5.11 Å². The summed E-state index contributed by atoms with van der Waals surface area (Å²) in [7, 11) is 0. The first kappa shape index (κ1) is 15.0. The third-order valence-electron chi connectivity index (χ3n) is 4.01. The van der Waals surface area contributed by atoms with Crippen LogP contribution in [-0.2, 0) is 0 Å². The van der Waals surface area contributed by atoms with Crippen molar-refractivity contribution in [2.45, 2.75) is 26.3 Å². The minimum absolute atomic E-state index is 0.00688. The van der Waals surface area contributed by atoms with Crippen LogP contribution in [0.1, 0.15) is 28.2 Å². The predicted octanol–water partition coefficient (Wildman–Crippen LogP) is 2.22. The molecule has 0 fully saturated rings. The highest BCUT2D eigenvalue weighted by Gasteiger charge is 2.23. The zero-order valence-corrected chi connectivity index (χ0v) is 13.4. The van der Waals surface area contributed by atoms with Gasteiger partial charge >= 0.3 is 0 Å². The number of nitrogens with one attached hydrogen (secondary N) is 1. The molecular formula is C16H19N3O2S. The van der Waals surface area contributed by atoms with Crippen molar-refractivity contribution in [3.8, 4) is 5.13 Å². The summed E-state index contributed by atoms with van der Waals surface area (Å²) in [5.74, 6) is 0.0668. The summed E-state index contributed by atoms with van der Waals surface area (Å²) in [6.45, 7) is 4.04. The van der Waals surface area contributed by atoms with Crippen LogP contribution in [0.5, 0.6) is 0 Å². The SMILES string of the molecule is Cc1cc(C(=O)N[C@@H]2C=C[C@H](CO)C2)c(C)n1-c1nccs1. The number of aliphatic hydroxyl groups is 1. The van der Waals surface area contributed by atoms with Gasteiger partial charge in [-0.1, -0.05) is 12.2 Å². The molecule has 2 N–H and O–H groups in total. The van der Waals surface area contributed by atoms with E-state index in [0.29, 0.717) is 5.56 Å². The number of nitrogens with zero attached hydrogens (tertiary/aromatic N) is 2. The minimum atomic E-state index is -0.0795. The van der Waals surface area contributed by atoms with Crippen molar-refractivity contribution in [3.05, 3.63) is 46.7 Å². The number of aromatic nitrogens is 2. The molecule has 1 aliphatic carbocycles. The molecular weight excluding hydrogens is 298 g/mol. The molecule has 0 spiro atoms. The molecule has 2 aromatic rings. The van der Waals surface area contributed by atoms with Gasteiger partial charge in [0.25, 0.3) is 5.91 Å². The second kappa shape index (κ2) is 6.06. The standard InChI is InChI=1S/C16H19N3O2S/c1-10-7-14(11(2)19(10)16-17-5-6-22-16)15(21)18-13-4-3-12(8-13)9-20/h3-7,12-13,20H,8-9H2,1-2H3,(H,18,21)/t12-,13+/m0/s1. The molecule has 0 radical (unpaired) electrons. The molecule has 1 amide bonds. The highest BCUT2D eigenvalue weighted by molar-refractivity contribution is 7.12. The van der Waals surface area contributed by atoms with Gasteiger partial charge in [0.15, 0.2) is 5.13 Å². The molecule has 0 unspecified atom stereocenters. The van der Waals surface area contributed by atoms with Crippen LogP contribution >= 0.6 is 11.3 Å². The van der Waals surface area contributed by atoms with Gasteiger partial charge in [-0.2, -0.15) is 0 Å². The van der Waals surface area contributed by atoms with Gasteiger partial charge in [-0.25, -0.2) is 4.98 Å². The van der Waals surface area contributed by atoms with Crippen LogP contribution in [-0.4, -0.2) is 33.2 Å². The van der Waals surface area contributed by atoms with Crippen molar-refractivity contribution in [1.29, 1.82) is 0 Å². The maximum atomic E-state index is 12.5. The van der Waals surface area contributed by atoms with Crippen molar-refractivity contribution >= 4 is 17.2 Å². The average Bonchev–Trinajstić information content (AvgIpc) is 3.20. The van der Waals surface area contributed by atoms with Crippen molar-refractivity contribution in [3.63, 3.8) is 0 Å². The Bertz CT molecular complexity index is 703. The smallest absolute Gasteiger partial charge is 0.253 e. The lowest BCUT2D eigenvalue weighted by Crippen LogP contribution is -2.33. The van der Waals surface area contributed by atoms with Crippen LogP contribution in [0, 0.1) is 19.8 Å².